The van der Waals surface area contributed by atoms with Crippen LogP contribution in [0.25, 0.3) is 0 Å². The number of hydrogen-bond donors (Lipinski definition) is 1. The summed E-state index contributed by atoms with van der Waals surface area (Å²) in [5.74, 6) is -0.561. The average molecular weight is 258 g/mol. The van der Waals surface area contributed by atoms with Crippen molar-refractivity contribution in [1.82, 2.24) is 0 Å². The summed E-state index contributed by atoms with van der Waals surface area (Å²) < 4.78 is 5.89. The van der Waals surface area contributed by atoms with E-state index in [0.717, 1.165) is 0 Å². The van der Waals surface area contributed by atoms with Crippen LogP contribution in [0.15, 0.2) is 12.2 Å². The molecule has 0 radical (unpaired) electrons. The molecule has 100 valence electrons. The predicted octanol–water partition coefficient (Wildman–Crippen LogP) is 2.76. The van der Waals surface area contributed by atoms with Gasteiger partial charge in [0.2, 0.25) is 0 Å². The minimum Gasteiger partial charge on any atom is -0.406 e. The molecular formula is C13H26O3Si. The van der Waals surface area contributed by atoms with Crippen LogP contribution in [0, 0.1) is 5.92 Å². The van der Waals surface area contributed by atoms with Gasteiger partial charge in [-0.25, -0.2) is 0 Å². The second-order valence-corrected chi connectivity index (χ2v) is 10.6. The van der Waals surface area contributed by atoms with Crippen molar-refractivity contribution in [2.45, 2.75) is 59.0 Å². The quantitative estimate of drug-likeness (QED) is 0.588. The number of ketones is 1. The summed E-state index contributed by atoms with van der Waals surface area (Å²) in [7, 11) is -1.79. The van der Waals surface area contributed by atoms with E-state index in [1.165, 1.54) is 0 Å². The Kier molecular flexibility index (Phi) is 5.31. The highest BCUT2D eigenvalue weighted by atomic mass is 28.4. The standard InChI is InChI=1S/C13H26O3Si/c1-9(2)11(14)10(3)12(15)13(4,5)16-17(6,7)8/h10-11,14H,1H2,2-8H3. The molecule has 4 heteroatoms. The number of aliphatic hydroxyl groups excluding tert-OH is 1. The van der Waals surface area contributed by atoms with Crippen LogP contribution in [-0.2, 0) is 9.22 Å². The van der Waals surface area contributed by atoms with Crippen LogP contribution >= 0.6 is 0 Å². The summed E-state index contributed by atoms with van der Waals surface area (Å²) in [5.41, 5.74) is -0.241. The van der Waals surface area contributed by atoms with Gasteiger partial charge in [0.25, 0.3) is 0 Å². The summed E-state index contributed by atoms with van der Waals surface area (Å²) in [6.45, 7) is 16.8. The maximum absolute atomic E-state index is 12.3. The molecular weight excluding hydrogens is 232 g/mol. The van der Waals surface area contributed by atoms with Crippen molar-refractivity contribution in [3.05, 3.63) is 12.2 Å². The van der Waals surface area contributed by atoms with E-state index in [0.29, 0.717) is 5.57 Å². The molecule has 0 aliphatic heterocycles. The van der Waals surface area contributed by atoms with E-state index in [1.807, 2.05) is 19.6 Å². The lowest BCUT2D eigenvalue weighted by atomic mass is 9.87. The van der Waals surface area contributed by atoms with Crippen LogP contribution < -0.4 is 0 Å². The molecule has 0 fully saturated rings. The molecule has 17 heavy (non-hydrogen) atoms. The third kappa shape index (κ3) is 5.15. The number of carbonyl (C=O) groups is 1. The topological polar surface area (TPSA) is 46.5 Å². The lowest BCUT2D eigenvalue weighted by molar-refractivity contribution is -0.139. The lowest BCUT2D eigenvalue weighted by Crippen LogP contribution is -2.48. The first-order chi connectivity index (χ1) is 7.38. The van der Waals surface area contributed by atoms with Gasteiger partial charge in [0, 0.05) is 5.92 Å². The highest BCUT2D eigenvalue weighted by molar-refractivity contribution is 6.70. The largest absolute Gasteiger partial charge is 0.406 e. The van der Waals surface area contributed by atoms with E-state index in [2.05, 4.69) is 6.58 Å². The third-order valence-corrected chi connectivity index (χ3v) is 3.67. The molecule has 0 aromatic rings. The fraction of sp³-hybridized carbons (Fsp3) is 0.769. The summed E-state index contributed by atoms with van der Waals surface area (Å²) >= 11 is 0. The lowest BCUT2D eigenvalue weighted by Gasteiger charge is -2.34. The van der Waals surface area contributed by atoms with Gasteiger partial charge in [-0.1, -0.05) is 19.1 Å². The van der Waals surface area contributed by atoms with Crippen LogP contribution in [-0.4, -0.2) is 30.9 Å². The fourth-order valence-electron chi connectivity index (χ4n) is 1.93. The van der Waals surface area contributed by atoms with Crippen molar-refractivity contribution in [3.8, 4) is 0 Å². The zero-order valence-corrected chi connectivity index (χ0v) is 13.1. The Hall–Kier alpha value is -0.453. The molecule has 0 aliphatic carbocycles. The van der Waals surface area contributed by atoms with Gasteiger partial charge in [-0.15, -0.1) is 0 Å². The smallest absolute Gasteiger partial charge is 0.185 e. The monoisotopic (exact) mass is 258 g/mol. The Morgan fingerprint density at radius 1 is 1.35 bits per heavy atom. The minimum absolute atomic E-state index is 0.0737. The maximum Gasteiger partial charge on any atom is 0.185 e. The Labute approximate surface area is 106 Å². The van der Waals surface area contributed by atoms with Crippen molar-refractivity contribution in [2.24, 2.45) is 5.92 Å². The van der Waals surface area contributed by atoms with E-state index < -0.39 is 25.9 Å². The molecule has 2 unspecified atom stereocenters. The second-order valence-electron chi connectivity index (χ2n) is 6.17. The second kappa shape index (κ2) is 5.46. The Morgan fingerprint density at radius 2 is 1.76 bits per heavy atom. The maximum atomic E-state index is 12.3. The van der Waals surface area contributed by atoms with Crippen molar-refractivity contribution < 1.29 is 14.3 Å². The molecule has 3 nitrogen and oxygen atoms in total. The van der Waals surface area contributed by atoms with Gasteiger partial charge >= 0.3 is 0 Å². The number of Topliss-reactive ketones (excluding diaryl/α,β-unsaturated/α-hetero) is 1. The normalized spacial score (nSPS) is 16.5. The van der Waals surface area contributed by atoms with E-state index in [1.54, 1.807) is 27.7 Å². The first-order valence-electron chi connectivity index (χ1n) is 5.96. The van der Waals surface area contributed by atoms with Crippen molar-refractivity contribution in [1.29, 1.82) is 0 Å². The van der Waals surface area contributed by atoms with Crippen molar-refractivity contribution in [3.63, 3.8) is 0 Å². The molecule has 2 atom stereocenters. The Balaban J connectivity index is 4.85. The summed E-state index contributed by atoms with van der Waals surface area (Å²) in [5, 5.41) is 9.86. The molecule has 0 aliphatic rings. The molecule has 0 aromatic carbocycles. The van der Waals surface area contributed by atoms with Crippen LogP contribution in [0.4, 0.5) is 0 Å². The van der Waals surface area contributed by atoms with Gasteiger partial charge < -0.3 is 9.53 Å². The Bertz CT molecular complexity index is 302. The van der Waals surface area contributed by atoms with Gasteiger partial charge in [-0.3, -0.25) is 4.79 Å². The molecule has 0 bridgehead atoms. The highest BCUT2D eigenvalue weighted by Crippen LogP contribution is 2.24. The predicted molar refractivity (Wildman–Crippen MR) is 73.5 cm³/mol. The summed E-state index contributed by atoms with van der Waals surface area (Å²) in [6, 6.07) is 0. The minimum atomic E-state index is -1.79. The van der Waals surface area contributed by atoms with Crippen molar-refractivity contribution >= 4 is 14.1 Å². The fourth-order valence-corrected chi connectivity index (χ4v) is 3.57. The molecule has 0 aromatic heterocycles. The molecule has 0 rings (SSSR count). The molecule has 0 saturated carbocycles. The third-order valence-electron chi connectivity index (χ3n) is 2.55. The average Bonchev–Trinajstić information content (AvgIpc) is 2.10. The van der Waals surface area contributed by atoms with Crippen LogP contribution in [0.2, 0.25) is 19.6 Å². The van der Waals surface area contributed by atoms with E-state index >= 15 is 0 Å². The Morgan fingerprint density at radius 3 is 2.06 bits per heavy atom. The zero-order chi connectivity index (χ0) is 14.0. The van der Waals surface area contributed by atoms with Gasteiger partial charge in [0.1, 0.15) is 5.60 Å². The highest BCUT2D eigenvalue weighted by Gasteiger charge is 2.38. The molecule has 0 heterocycles. The van der Waals surface area contributed by atoms with Gasteiger partial charge in [0.15, 0.2) is 14.1 Å². The van der Waals surface area contributed by atoms with E-state index in [9.17, 15) is 9.90 Å². The molecule has 0 amide bonds. The number of rotatable bonds is 6. The molecule has 1 N–H and O–H groups in total. The first kappa shape index (κ1) is 16.5. The van der Waals surface area contributed by atoms with Gasteiger partial charge in [-0.2, -0.15) is 0 Å². The number of aliphatic hydroxyl groups is 1. The SMILES string of the molecule is C=C(C)C(O)C(C)C(=O)C(C)(C)O[Si](C)(C)C. The number of carbonyl (C=O) groups excluding carboxylic acids is 1. The molecule has 0 spiro atoms. The number of hydrogen-bond acceptors (Lipinski definition) is 3. The van der Waals surface area contributed by atoms with Crippen LogP contribution in [0.1, 0.15) is 27.7 Å². The van der Waals surface area contributed by atoms with Gasteiger partial charge in [0.05, 0.1) is 6.10 Å². The van der Waals surface area contributed by atoms with Gasteiger partial charge in [-0.05, 0) is 40.4 Å². The van der Waals surface area contributed by atoms with Crippen LogP contribution in [0.3, 0.4) is 0 Å². The first-order valence-corrected chi connectivity index (χ1v) is 9.37. The van der Waals surface area contributed by atoms with Crippen molar-refractivity contribution in [2.75, 3.05) is 0 Å². The van der Waals surface area contributed by atoms with E-state index in [-0.39, 0.29) is 5.78 Å². The van der Waals surface area contributed by atoms with E-state index in [4.69, 9.17) is 4.43 Å². The molecule has 0 saturated heterocycles. The zero-order valence-electron chi connectivity index (χ0n) is 12.1. The summed E-state index contributed by atoms with van der Waals surface area (Å²) in [4.78, 5) is 12.3. The summed E-state index contributed by atoms with van der Waals surface area (Å²) in [6.07, 6.45) is -0.799. The van der Waals surface area contributed by atoms with Crippen LogP contribution in [0.5, 0.6) is 0 Å².